The van der Waals surface area contributed by atoms with Gasteiger partial charge in [0.25, 0.3) is 10.0 Å². The Hall–Kier alpha value is -2.62. The number of benzene rings is 2. The molecule has 4 N–H and O–H groups in total. The van der Waals surface area contributed by atoms with Gasteiger partial charge in [-0.05, 0) is 11.5 Å². The lowest BCUT2D eigenvalue weighted by Gasteiger charge is -2.10. The van der Waals surface area contributed by atoms with Crippen molar-refractivity contribution in [1.29, 1.82) is 0 Å². The molecule has 0 fully saturated rings. The van der Waals surface area contributed by atoms with Crippen LogP contribution in [0.15, 0.2) is 52.1 Å². The molecular formula is C17H17N3O4S2. The zero-order valence-corrected chi connectivity index (χ0v) is 15.4. The summed E-state index contributed by atoms with van der Waals surface area (Å²) in [6.07, 6.45) is 0. The Morgan fingerprint density at radius 2 is 1.77 bits per heavy atom. The maximum atomic E-state index is 12.3. The molecule has 3 rings (SSSR count). The van der Waals surface area contributed by atoms with Crippen molar-refractivity contribution in [2.75, 3.05) is 17.2 Å². The van der Waals surface area contributed by atoms with Crippen molar-refractivity contribution in [2.45, 2.75) is 11.1 Å². The Balaban J connectivity index is 1.80. The van der Waals surface area contributed by atoms with Crippen molar-refractivity contribution in [1.82, 2.24) is 4.72 Å². The maximum Gasteiger partial charge on any atom is 0.323 e. The number of aromatic hydroxyl groups is 1. The molecule has 0 atom stereocenters. The predicted molar refractivity (Wildman–Crippen MR) is 103 cm³/mol. The number of sulfonamides is 1. The maximum absolute atomic E-state index is 12.3. The van der Waals surface area contributed by atoms with E-state index in [2.05, 4.69) is 15.4 Å². The Morgan fingerprint density at radius 3 is 2.54 bits per heavy atom. The third-order valence-electron chi connectivity index (χ3n) is 3.60. The van der Waals surface area contributed by atoms with E-state index in [1.807, 2.05) is 36.4 Å². The highest BCUT2D eigenvalue weighted by Crippen LogP contribution is 2.37. The first-order valence-electron chi connectivity index (χ1n) is 7.78. The van der Waals surface area contributed by atoms with E-state index >= 15 is 0 Å². The van der Waals surface area contributed by atoms with Crippen LogP contribution >= 0.6 is 11.3 Å². The van der Waals surface area contributed by atoms with Crippen molar-refractivity contribution < 1.29 is 18.3 Å². The van der Waals surface area contributed by atoms with Crippen molar-refractivity contribution >= 4 is 49.5 Å². The molecule has 2 amide bonds. The lowest BCUT2D eigenvalue weighted by atomic mass is 10.1. The summed E-state index contributed by atoms with van der Waals surface area (Å²) in [6.45, 7) is 1.84. The van der Waals surface area contributed by atoms with Crippen LogP contribution in [0.25, 0.3) is 10.8 Å². The van der Waals surface area contributed by atoms with E-state index in [1.54, 1.807) is 13.0 Å². The van der Waals surface area contributed by atoms with Gasteiger partial charge < -0.3 is 15.7 Å². The molecule has 0 spiro atoms. The van der Waals surface area contributed by atoms with E-state index in [9.17, 15) is 18.3 Å². The highest BCUT2D eigenvalue weighted by molar-refractivity contribution is 7.91. The minimum atomic E-state index is -3.80. The van der Waals surface area contributed by atoms with Crippen LogP contribution in [0.4, 0.5) is 16.2 Å². The molecule has 0 radical (unpaired) electrons. The smallest absolute Gasteiger partial charge is 0.323 e. The number of hydrogen-bond acceptors (Lipinski definition) is 5. The van der Waals surface area contributed by atoms with Gasteiger partial charge in [0.15, 0.2) is 9.96 Å². The van der Waals surface area contributed by atoms with E-state index in [1.165, 1.54) is 5.38 Å². The molecule has 0 saturated heterocycles. The van der Waals surface area contributed by atoms with E-state index in [0.717, 1.165) is 22.1 Å². The molecule has 7 nitrogen and oxygen atoms in total. The number of thiophene rings is 1. The Bertz CT molecular complexity index is 1060. The highest BCUT2D eigenvalue weighted by atomic mass is 32.2. The van der Waals surface area contributed by atoms with Gasteiger partial charge in [0.1, 0.15) is 0 Å². The van der Waals surface area contributed by atoms with E-state index in [4.69, 9.17) is 0 Å². The summed E-state index contributed by atoms with van der Waals surface area (Å²) in [6, 6.07) is 12.5. The van der Waals surface area contributed by atoms with E-state index < -0.39 is 21.8 Å². The predicted octanol–water partition coefficient (Wildman–Crippen LogP) is 3.55. The highest BCUT2D eigenvalue weighted by Gasteiger charge is 2.23. The minimum Gasteiger partial charge on any atom is -0.504 e. The van der Waals surface area contributed by atoms with Gasteiger partial charge in [-0.25, -0.2) is 17.9 Å². The van der Waals surface area contributed by atoms with E-state index in [0.29, 0.717) is 5.69 Å². The van der Waals surface area contributed by atoms with Crippen molar-refractivity contribution in [3.05, 3.63) is 47.8 Å². The van der Waals surface area contributed by atoms with Crippen LogP contribution in [0.5, 0.6) is 5.75 Å². The van der Waals surface area contributed by atoms with Crippen LogP contribution in [0, 0.1) is 0 Å². The van der Waals surface area contributed by atoms with Crippen LogP contribution in [0.2, 0.25) is 0 Å². The molecule has 2 aromatic carbocycles. The van der Waals surface area contributed by atoms with Crippen molar-refractivity contribution in [3.8, 4) is 5.75 Å². The Labute approximate surface area is 154 Å². The summed E-state index contributed by atoms with van der Waals surface area (Å²) >= 11 is 0.831. The number of nitrogens with one attached hydrogen (secondary N) is 3. The molecule has 1 heterocycles. The zero-order valence-electron chi connectivity index (χ0n) is 13.8. The number of rotatable bonds is 5. The van der Waals surface area contributed by atoms with Crippen LogP contribution in [0.3, 0.4) is 0 Å². The van der Waals surface area contributed by atoms with Gasteiger partial charge >= 0.3 is 6.03 Å². The standard InChI is InChI=1S/C17H17N3O4S2/c1-2-18-26(23,24)16-15(21)14(10-25-16)20-17(22)19-13-9-5-7-11-6-3-4-8-12(11)13/h3-10,18,21H,2H2,1H3,(H2,19,20,22). The van der Waals surface area contributed by atoms with E-state index in [-0.39, 0.29) is 16.4 Å². The first kappa shape index (κ1) is 18.2. The van der Waals surface area contributed by atoms with Gasteiger partial charge in [-0.3, -0.25) is 0 Å². The monoisotopic (exact) mass is 391 g/mol. The number of carbonyl (C=O) groups is 1. The SMILES string of the molecule is CCNS(=O)(=O)c1scc(NC(=O)Nc2cccc3ccccc23)c1O. The van der Waals surface area contributed by atoms with Gasteiger partial charge in [-0.15, -0.1) is 11.3 Å². The lowest BCUT2D eigenvalue weighted by molar-refractivity contribution is 0.262. The lowest BCUT2D eigenvalue weighted by Crippen LogP contribution is -2.22. The second-order valence-corrected chi connectivity index (χ2v) is 8.23. The molecular weight excluding hydrogens is 374 g/mol. The summed E-state index contributed by atoms with van der Waals surface area (Å²) in [7, 11) is -3.80. The summed E-state index contributed by atoms with van der Waals surface area (Å²) in [5.41, 5.74) is 0.639. The fourth-order valence-corrected chi connectivity index (χ4v) is 4.80. The molecule has 0 saturated carbocycles. The largest absolute Gasteiger partial charge is 0.504 e. The Kier molecular flexibility index (Phi) is 5.12. The molecule has 9 heteroatoms. The van der Waals surface area contributed by atoms with Gasteiger partial charge in [-0.2, -0.15) is 0 Å². The quantitative estimate of drug-likeness (QED) is 0.533. The molecule has 1 aromatic heterocycles. The van der Waals surface area contributed by atoms with Crippen molar-refractivity contribution in [2.24, 2.45) is 0 Å². The number of anilines is 2. The molecule has 3 aromatic rings. The van der Waals surface area contributed by atoms with Gasteiger partial charge in [-0.1, -0.05) is 43.3 Å². The number of amides is 2. The first-order valence-corrected chi connectivity index (χ1v) is 10.1. The van der Waals surface area contributed by atoms with Crippen molar-refractivity contribution in [3.63, 3.8) is 0 Å². The number of hydrogen-bond donors (Lipinski definition) is 4. The summed E-state index contributed by atoms with van der Waals surface area (Å²) in [5.74, 6) is -0.482. The second kappa shape index (κ2) is 7.32. The summed E-state index contributed by atoms with van der Waals surface area (Å²) in [4.78, 5) is 12.3. The number of urea groups is 1. The second-order valence-electron chi connectivity index (χ2n) is 5.39. The van der Waals surface area contributed by atoms with Gasteiger partial charge in [0.05, 0.1) is 11.4 Å². The fourth-order valence-electron chi connectivity index (χ4n) is 2.48. The summed E-state index contributed by atoms with van der Waals surface area (Å²) in [5, 5.41) is 18.5. The minimum absolute atomic E-state index is 0.0317. The van der Waals surface area contributed by atoms with Crippen LogP contribution < -0.4 is 15.4 Å². The zero-order chi connectivity index (χ0) is 18.7. The fraction of sp³-hybridized carbons (Fsp3) is 0.118. The third-order valence-corrected chi connectivity index (χ3v) is 6.65. The van der Waals surface area contributed by atoms with Crippen LogP contribution in [0.1, 0.15) is 6.92 Å². The molecule has 0 aliphatic heterocycles. The summed E-state index contributed by atoms with van der Waals surface area (Å²) < 4.78 is 26.1. The van der Waals surface area contributed by atoms with Crippen LogP contribution in [-0.4, -0.2) is 26.1 Å². The average molecular weight is 391 g/mol. The number of carbonyl (C=O) groups excluding carboxylic acids is 1. The molecule has 0 unspecified atom stereocenters. The first-order chi connectivity index (χ1) is 12.4. The number of fused-ring (bicyclic) bond motifs is 1. The molecule has 26 heavy (non-hydrogen) atoms. The molecule has 0 aliphatic rings. The average Bonchev–Trinajstić information content (AvgIpc) is 2.96. The molecule has 0 bridgehead atoms. The van der Waals surface area contributed by atoms with Gasteiger partial charge in [0.2, 0.25) is 0 Å². The van der Waals surface area contributed by atoms with Crippen LogP contribution in [-0.2, 0) is 10.0 Å². The normalized spacial score (nSPS) is 11.4. The topological polar surface area (TPSA) is 108 Å². The molecule has 0 aliphatic carbocycles. The Morgan fingerprint density at radius 1 is 1.08 bits per heavy atom. The molecule has 136 valence electrons. The van der Waals surface area contributed by atoms with Gasteiger partial charge in [0, 0.05) is 17.3 Å². The third kappa shape index (κ3) is 3.64.